The molecule has 8 heteroatoms. The number of aromatic nitrogens is 1. The van der Waals surface area contributed by atoms with E-state index in [2.05, 4.69) is 10.3 Å². The first-order valence-corrected chi connectivity index (χ1v) is 8.05. The molecule has 0 fully saturated rings. The second-order valence-corrected chi connectivity index (χ2v) is 6.11. The summed E-state index contributed by atoms with van der Waals surface area (Å²) in [7, 11) is 0. The molecule has 1 atom stereocenters. The number of esters is 1. The Morgan fingerprint density at radius 2 is 1.83 bits per heavy atom. The molecule has 24 heavy (non-hydrogen) atoms. The third kappa shape index (κ3) is 5.09. The topological polar surface area (TPSA) is 68.3 Å². The number of hydrogen-bond donors (Lipinski definition) is 1. The number of halogens is 3. The predicted octanol–water partition coefficient (Wildman–Crippen LogP) is 4.15. The largest absolute Gasteiger partial charge is 0.452 e. The summed E-state index contributed by atoms with van der Waals surface area (Å²) in [5.41, 5.74) is 0.456. The summed E-state index contributed by atoms with van der Waals surface area (Å²) in [4.78, 5) is 27.9. The summed E-state index contributed by atoms with van der Waals surface area (Å²) in [6.45, 7) is 1.46. The minimum Gasteiger partial charge on any atom is -0.452 e. The fraction of sp³-hybridized carbons (Fsp3) is 0.188. The summed E-state index contributed by atoms with van der Waals surface area (Å²) in [6.07, 6.45) is 0.263. The molecule has 2 aromatic rings. The third-order valence-electron chi connectivity index (χ3n) is 3.04. The van der Waals surface area contributed by atoms with E-state index in [0.717, 1.165) is 0 Å². The summed E-state index contributed by atoms with van der Waals surface area (Å²) in [5, 5.41) is 3.70. The summed E-state index contributed by atoms with van der Waals surface area (Å²) < 4.78 is 5.10. The van der Waals surface area contributed by atoms with Crippen LogP contribution >= 0.6 is 34.8 Å². The fourth-order valence-corrected chi connectivity index (χ4v) is 2.46. The number of rotatable bonds is 5. The monoisotopic (exact) mass is 386 g/mol. The van der Waals surface area contributed by atoms with Crippen molar-refractivity contribution in [2.45, 2.75) is 19.4 Å². The van der Waals surface area contributed by atoms with Gasteiger partial charge < -0.3 is 10.1 Å². The standard InChI is InChI=1S/C16H13Cl3N2O3/c1-9(16(23)21-14-6-5-10(17)8-20-14)24-15(22)7-11-12(18)3-2-4-13(11)19/h2-6,8-9H,7H2,1H3,(H,20,21,23)/t9-/m0/s1. The van der Waals surface area contributed by atoms with Crippen molar-refractivity contribution in [2.24, 2.45) is 0 Å². The fourth-order valence-electron chi connectivity index (χ4n) is 1.82. The van der Waals surface area contributed by atoms with Crippen molar-refractivity contribution in [3.8, 4) is 0 Å². The first-order chi connectivity index (χ1) is 11.4. The van der Waals surface area contributed by atoms with E-state index in [4.69, 9.17) is 39.5 Å². The van der Waals surface area contributed by atoms with Crippen LogP contribution in [0.1, 0.15) is 12.5 Å². The van der Waals surface area contributed by atoms with E-state index >= 15 is 0 Å². The van der Waals surface area contributed by atoms with Gasteiger partial charge in [-0.2, -0.15) is 0 Å². The molecular formula is C16H13Cl3N2O3. The Balaban J connectivity index is 1.93. The van der Waals surface area contributed by atoms with E-state index < -0.39 is 18.0 Å². The zero-order valence-electron chi connectivity index (χ0n) is 12.6. The van der Waals surface area contributed by atoms with Crippen LogP contribution in [0.15, 0.2) is 36.5 Å². The average molecular weight is 388 g/mol. The van der Waals surface area contributed by atoms with Gasteiger partial charge in [-0.3, -0.25) is 9.59 Å². The number of nitrogens with one attached hydrogen (secondary N) is 1. The van der Waals surface area contributed by atoms with Gasteiger partial charge in [0, 0.05) is 21.8 Å². The Hall–Kier alpha value is -1.82. The lowest BCUT2D eigenvalue weighted by Crippen LogP contribution is -2.30. The van der Waals surface area contributed by atoms with Crippen LogP contribution in [0, 0.1) is 0 Å². The summed E-state index contributed by atoms with van der Waals surface area (Å²) in [5.74, 6) is -0.818. The maximum absolute atomic E-state index is 12.0. The molecule has 126 valence electrons. The van der Waals surface area contributed by atoms with Gasteiger partial charge >= 0.3 is 5.97 Å². The Morgan fingerprint density at radius 3 is 2.42 bits per heavy atom. The number of hydrogen-bond acceptors (Lipinski definition) is 4. The lowest BCUT2D eigenvalue weighted by Gasteiger charge is -2.14. The highest BCUT2D eigenvalue weighted by molar-refractivity contribution is 6.36. The molecule has 1 aromatic heterocycles. The molecule has 0 unspecified atom stereocenters. The zero-order valence-corrected chi connectivity index (χ0v) is 14.8. The van der Waals surface area contributed by atoms with Crippen LogP contribution in [0.3, 0.4) is 0 Å². The Kier molecular flexibility index (Phi) is 6.43. The van der Waals surface area contributed by atoms with Crippen LogP contribution in [0.25, 0.3) is 0 Å². The highest BCUT2D eigenvalue weighted by Gasteiger charge is 2.20. The molecule has 1 amide bonds. The van der Waals surface area contributed by atoms with E-state index in [9.17, 15) is 9.59 Å². The van der Waals surface area contributed by atoms with Crippen LogP contribution in [-0.2, 0) is 20.7 Å². The third-order valence-corrected chi connectivity index (χ3v) is 3.97. The first-order valence-electron chi connectivity index (χ1n) is 6.91. The molecular weight excluding hydrogens is 375 g/mol. The summed E-state index contributed by atoms with van der Waals surface area (Å²) >= 11 is 17.7. The average Bonchev–Trinajstić information content (AvgIpc) is 2.53. The predicted molar refractivity (Wildman–Crippen MR) is 93.6 cm³/mol. The Labute approximate surface area is 153 Å². The van der Waals surface area contributed by atoms with E-state index in [1.165, 1.54) is 19.2 Å². The molecule has 0 radical (unpaired) electrons. The van der Waals surface area contributed by atoms with Crippen LogP contribution in [0.4, 0.5) is 5.82 Å². The molecule has 0 aliphatic carbocycles. The van der Waals surface area contributed by atoms with Gasteiger partial charge in [0.25, 0.3) is 5.91 Å². The molecule has 0 aliphatic rings. The van der Waals surface area contributed by atoms with Gasteiger partial charge in [-0.1, -0.05) is 40.9 Å². The van der Waals surface area contributed by atoms with Gasteiger partial charge in [0.1, 0.15) is 5.82 Å². The quantitative estimate of drug-likeness (QED) is 0.782. The van der Waals surface area contributed by atoms with Crippen LogP contribution < -0.4 is 5.32 Å². The first kappa shape index (κ1) is 18.5. The van der Waals surface area contributed by atoms with E-state index in [-0.39, 0.29) is 6.42 Å². The molecule has 0 aliphatic heterocycles. The molecule has 0 spiro atoms. The van der Waals surface area contributed by atoms with Crippen molar-refractivity contribution in [3.63, 3.8) is 0 Å². The number of ether oxygens (including phenoxy) is 1. The van der Waals surface area contributed by atoms with Crippen molar-refractivity contribution in [2.75, 3.05) is 5.32 Å². The number of benzene rings is 1. The van der Waals surface area contributed by atoms with Crippen LogP contribution in [0.5, 0.6) is 0 Å². The smallest absolute Gasteiger partial charge is 0.311 e. The molecule has 5 nitrogen and oxygen atoms in total. The van der Waals surface area contributed by atoms with Gasteiger partial charge in [-0.15, -0.1) is 0 Å². The number of nitrogens with zero attached hydrogens (tertiary/aromatic N) is 1. The molecule has 1 heterocycles. The number of anilines is 1. The van der Waals surface area contributed by atoms with Crippen molar-refractivity contribution in [3.05, 3.63) is 57.2 Å². The second-order valence-electron chi connectivity index (χ2n) is 4.86. The lowest BCUT2D eigenvalue weighted by atomic mass is 10.1. The van der Waals surface area contributed by atoms with Gasteiger partial charge in [0.05, 0.1) is 11.4 Å². The number of pyridine rings is 1. The van der Waals surface area contributed by atoms with Crippen molar-refractivity contribution in [1.29, 1.82) is 0 Å². The maximum atomic E-state index is 12.0. The maximum Gasteiger partial charge on any atom is 0.311 e. The van der Waals surface area contributed by atoms with E-state index in [1.807, 2.05) is 0 Å². The molecule has 0 bridgehead atoms. The zero-order chi connectivity index (χ0) is 17.7. The Bertz CT molecular complexity index is 730. The minimum absolute atomic E-state index is 0.130. The van der Waals surface area contributed by atoms with Crippen LogP contribution in [-0.4, -0.2) is 23.0 Å². The molecule has 1 N–H and O–H groups in total. The Morgan fingerprint density at radius 1 is 1.17 bits per heavy atom. The normalized spacial score (nSPS) is 11.7. The van der Waals surface area contributed by atoms with Crippen LogP contribution in [0.2, 0.25) is 15.1 Å². The molecule has 2 rings (SSSR count). The van der Waals surface area contributed by atoms with E-state index in [0.29, 0.717) is 26.4 Å². The molecule has 0 saturated heterocycles. The van der Waals surface area contributed by atoms with Gasteiger partial charge in [-0.25, -0.2) is 4.98 Å². The minimum atomic E-state index is -1.00. The molecule has 1 aromatic carbocycles. The number of carbonyl (C=O) groups excluding carboxylic acids is 2. The van der Waals surface area contributed by atoms with Gasteiger partial charge in [-0.05, 0) is 31.2 Å². The van der Waals surface area contributed by atoms with Gasteiger partial charge in [0.15, 0.2) is 6.10 Å². The molecule has 0 saturated carbocycles. The second kappa shape index (κ2) is 8.33. The van der Waals surface area contributed by atoms with Crippen molar-refractivity contribution >= 4 is 52.5 Å². The number of amides is 1. The summed E-state index contributed by atoms with van der Waals surface area (Å²) in [6, 6.07) is 8.05. The highest BCUT2D eigenvalue weighted by Crippen LogP contribution is 2.25. The van der Waals surface area contributed by atoms with Crippen molar-refractivity contribution < 1.29 is 14.3 Å². The SMILES string of the molecule is C[C@H](OC(=O)Cc1c(Cl)cccc1Cl)C(=O)Nc1ccc(Cl)cn1. The lowest BCUT2D eigenvalue weighted by molar-refractivity contribution is -0.152. The number of carbonyl (C=O) groups is 2. The van der Waals surface area contributed by atoms with E-state index in [1.54, 1.807) is 24.3 Å². The highest BCUT2D eigenvalue weighted by atomic mass is 35.5. The van der Waals surface area contributed by atoms with Gasteiger partial charge in [0.2, 0.25) is 0 Å². The van der Waals surface area contributed by atoms with Crippen molar-refractivity contribution in [1.82, 2.24) is 4.98 Å².